The van der Waals surface area contributed by atoms with Crippen LogP contribution in [-0.4, -0.2) is 12.6 Å². The molecule has 0 aromatic carbocycles. The molecule has 0 bridgehead atoms. The van der Waals surface area contributed by atoms with E-state index in [9.17, 15) is 4.79 Å². The van der Waals surface area contributed by atoms with Crippen LogP contribution in [0.15, 0.2) is 17.4 Å². The van der Waals surface area contributed by atoms with Crippen LogP contribution in [0.2, 0.25) is 0 Å². The van der Waals surface area contributed by atoms with E-state index >= 15 is 0 Å². The van der Waals surface area contributed by atoms with Gasteiger partial charge in [-0.15, -0.1) is 5.73 Å². The highest BCUT2D eigenvalue weighted by Gasteiger charge is 2.10. The van der Waals surface area contributed by atoms with Crippen LogP contribution in [0.4, 0.5) is 0 Å². The van der Waals surface area contributed by atoms with Gasteiger partial charge in [-0.25, -0.2) is 4.79 Å². The number of ether oxygens (including phenoxy) is 1. The van der Waals surface area contributed by atoms with Crippen molar-refractivity contribution in [2.75, 3.05) is 6.61 Å². The highest BCUT2D eigenvalue weighted by atomic mass is 16.5. The summed E-state index contributed by atoms with van der Waals surface area (Å²) in [5.41, 5.74) is 3.61. The van der Waals surface area contributed by atoms with Crippen LogP contribution in [0.1, 0.15) is 26.2 Å². The van der Waals surface area contributed by atoms with Crippen molar-refractivity contribution in [3.05, 3.63) is 17.4 Å². The molecular weight excluding hydrogens is 140 g/mol. The average Bonchev–Trinajstić information content (AvgIpc) is 2.07. The molecule has 1 aliphatic rings. The maximum atomic E-state index is 11.1. The average molecular weight is 152 g/mol. The zero-order valence-corrected chi connectivity index (χ0v) is 6.72. The summed E-state index contributed by atoms with van der Waals surface area (Å²) in [5.74, 6) is -0.205. The number of rotatable bonds is 2. The fourth-order valence-electron chi connectivity index (χ4n) is 1.03. The molecule has 11 heavy (non-hydrogen) atoms. The molecule has 0 unspecified atom stereocenters. The van der Waals surface area contributed by atoms with Gasteiger partial charge in [0.2, 0.25) is 0 Å². The summed E-state index contributed by atoms with van der Waals surface area (Å²) in [6, 6.07) is 0. The summed E-state index contributed by atoms with van der Waals surface area (Å²) in [7, 11) is 0. The van der Waals surface area contributed by atoms with Crippen molar-refractivity contribution in [1.29, 1.82) is 0 Å². The van der Waals surface area contributed by atoms with Crippen LogP contribution in [-0.2, 0) is 9.53 Å². The molecule has 2 nitrogen and oxygen atoms in total. The molecule has 0 amide bonds. The van der Waals surface area contributed by atoms with E-state index in [1.165, 1.54) is 0 Å². The minimum atomic E-state index is -0.205. The fourth-order valence-corrected chi connectivity index (χ4v) is 1.03. The highest BCUT2D eigenvalue weighted by molar-refractivity contribution is 5.88. The van der Waals surface area contributed by atoms with Gasteiger partial charge in [-0.05, 0) is 32.3 Å². The number of hydrogen-bond donors (Lipinski definition) is 0. The van der Waals surface area contributed by atoms with Gasteiger partial charge in [-0.1, -0.05) is 0 Å². The van der Waals surface area contributed by atoms with Gasteiger partial charge < -0.3 is 4.74 Å². The van der Waals surface area contributed by atoms with Gasteiger partial charge >= 0.3 is 5.97 Å². The lowest BCUT2D eigenvalue weighted by Gasteiger charge is -2.05. The first-order chi connectivity index (χ1) is 5.34. The number of esters is 1. The molecule has 0 N–H and O–H groups in total. The monoisotopic (exact) mass is 152 g/mol. The summed E-state index contributed by atoms with van der Waals surface area (Å²) in [4.78, 5) is 11.1. The maximum absolute atomic E-state index is 11.1. The van der Waals surface area contributed by atoms with Gasteiger partial charge in [-0.2, -0.15) is 0 Å². The van der Waals surface area contributed by atoms with Gasteiger partial charge in [0.15, 0.2) is 0 Å². The zero-order valence-electron chi connectivity index (χ0n) is 6.72. The fraction of sp³-hybridized carbons (Fsp3) is 0.556. The molecule has 0 aliphatic heterocycles. The number of carbonyl (C=O) groups is 1. The van der Waals surface area contributed by atoms with Crippen LogP contribution >= 0.6 is 0 Å². The third kappa shape index (κ3) is 2.24. The third-order valence-electron chi connectivity index (χ3n) is 1.57. The van der Waals surface area contributed by atoms with Gasteiger partial charge in [0.05, 0.1) is 12.2 Å². The van der Waals surface area contributed by atoms with E-state index in [0.717, 1.165) is 19.3 Å². The molecular formula is C9H12O2. The van der Waals surface area contributed by atoms with E-state index < -0.39 is 0 Å². The Hall–Kier alpha value is -1.01. The lowest BCUT2D eigenvalue weighted by molar-refractivity contribution is -0.138. The zero-order chi connectivity index (χ0) is 8.10. The SMILES string of the molecule is CCOC(=O)C1=C=CCCC1. The topological polar surface area (TPSA) is 26.3 Å². The van der Waals surface area contributed by atoms with E-state index in [1.807, 2.05) is 13.0 Å². The van der Waals surface area contributed by atoms with Crippen molar-refractivity contribution >= 4 is 5.97 Å². The molecule has 0 aromatic rings. The standard InChI is InChI=1S/C9H12O2/c1-2-11-9(10)8-6-4-3-5-7-8/h4H,2-3,5,7H2,1H3. The minimum Gasteiger partial charge on any atom is -0.462 e. The smallest absolute Gasteiger partial charge is 0.341 e. The van der Waals surface area contributed by atoms with Crippen LogP contribution in [0.25, 0.3) is 0 Å². The van der Waals surface area contributed by atoms with E-state index in [-0.39, 0.29) is 5.97 Å². The molecule has 0 saturated heterocycles. The van der Waals surface area contributed by atoms with Gasteiger partial charge in [0.1, 0.15) is 0 Å². The van der Waals surface area contributed by atoms with Crippen LogP contribution in [0, 0.1) is 0 Å². The van der Waals surface area contributed by atoms with E-state index in [2.05, 4.69) is 5.73 Å². The summed E-state index contributed by atoms with van der Waals surface area (Å²) >= 11 is 0. The first-order valence-electron chi connectivity index (χ1n) is 3.95. The summed E-state index contributed by atoms with van der Waals surface area (Å²) < 4.78 is 4.82. The van der Waals surface area contributed by atoms with Crippen molar-refractivity contribution in [3.63, 3.8) is 0 Å². The molecule has 0 fully saturated rings. The van der Waals surface area contributed by atoms with Crippen LogP contribution in [0.5, 0.6) is 0 Å². The predicted molar refractivity (Wildman–Crippen MR) is 42.1 cm³/mol. The Kier molecular flexibility index (Phi) is 2.94. The predicted octanol–water partition coefficient (Wildman–Crippen LogP) is 1.81. The summed E-state index contributed by atoms with van der Waals surface area (Å²) in [5, 5.41) is 0. The van der Waals surface area contributed by atoms with Crippen molar-refractivity contribution in [2.45, 2.75) is 26.2 Å². The molecule has 1 rings (SSSR count). The number of carbonyl (C=O) groups excluding carboxylic acids is 1. The van der Waals surface area contributed by atoms with Gasteiger partial charge in [0, 0.05) is 0 Å². The molecule has 2 heteroatoms. The molecule has 0 spiro atoms. The highest BCUT2D eigenvalue weighted by Crippen LogP contribution is 2.12. The Morgan fingerprint density at radius 3 is 3.18 bits per heavy atom. The first kappa shape index (κ1) is 8.09. The molecule has 0 radical (unpaired) electrons. The second-order valence-electron chi connectivity index (χ2n) is 2.44. The second-order valence-corrected chi connectivity index (χ2v) is 2.44. The van der Waals surface area contributed by atoms with Crippen molar-refractivity contribution in [3.8, 4) is 0 Å². The van der Waals surface area contributed by atoms with Crippen LogP contribution < -0.4 is 0 Å². The third-order valence-corrected chi connectivity index (χ3v) is 1.57. The molecule has 1 aliphatic carbocycles. The molecule has 0 heterocycles. The summed E-state index contributed by atoms with van der Waals surface area (Å²) in [6.07, 6.45) is 4.79. The first-order valence-corrected chi connectivity index (χ1v) is 3.95. The second kappa shape index (κ2) is 3.99. The Morgan fingerprint density at radius 1 is 1.82 bits per heavy atom. The van der Waals surface area contributed by atoms with E-state index in [4.69, 9.17) is 4.74 Å². The largest absolute Gasteiger partial charge is 0.462 e. The Morgan fingerprint density at radius 2 is 2.64 bits per heavy atom. The number of hydrogen-bond acceptors (Lipinski definition) is 2. The lowest BCUT2D eigenvalue weighted by atomic mass is 10.1. The molecule has 0 aromatic heterocycles. The lowest BCUT2D eigenvalue weighted by Crippen LogP contribution is -2.07. The van der Waals surface area contributed by atoms with Crippen molar-refractivity contribution < 1.29 is 9.53 Å². The Labute approximate surface area is 66.5 Å². The van der Waals surface area contributed by atoms with Gasteiger partial charge in [0.25, 0.3) is 0 Å². The van der Waals surface area contributed by atoms with Crippen molar-refractivity contribution in [2.24, 2.45) is 0 Å². The van der Waals surface area contributed by atoms with Gasteiger partial charge in [-0.3, -0.25) is 0 Å². The Bertz CT molecular complexity index is 210. The van der Waals surface area contributed by atoms with E-state index in [1.54, 1.807) is 0 Å². The molecule has 60 valence electrons. The molecule has 0 atom stereocenters. The molecule has 0 saturated carbocycles. The van der Waals surface area contributed by atoms with Crippen molar-refractivity contribution in [1.82, 2.24) is 0 Å². The minimum absolute atomic E-state index is 0.205. The van der Waals surface area contributed by atoms with Crippen LogP contribution in [0.3, 0.4) is 0 Å². The normalized spacial score (nSPS) is 15.9. The quantitative estimate of drug-likeness (QED) is 0.445. The van der Waals surface area contributed by atoms with E-state index in [0.29, 0.717) is 12.2 Å². The Balaban J connectivity index is 2.58. The maximum Gasteiger partial charge on any atom is 0.341 e. The summed E-state index contributed by atoms with van der Waals surface area (Å²) in [6.45, 7) is 2.26.